The molecule has 0 unspecified atom stereocenters. The molecule has 0 aliphatic heterocycles. The molecule has 0 fully saturated rings. The standard InChI is InChI=1S/C15H10F5NO/c1-15(19,20)13-10(7-22)4-9(6-21-13)8-2-3-12(16)11(5-8)14(17)18/h2-7,14H,1H3. The first kappa shape index (κ1) is 16.1. The van der Waals surface area contributed by atoms with Crippen molar-refractivity contribution in [3.8, 4) is 11.1 Å². The lowest BCUT2D eigenvalue weighted by Gasteiger charge is -2.13. The molecule has 116 valence electrons. The van der Waals surface area contributed by atoms with Gasteiger partial charge in [0.25, 0.3) is 12.3 Å². The minimum absolute atomic E-state index is 0.151. The molecule has 2 rings (SSSR count). The van der Waals surface area contributed by atoms with Gasteiger partial charge in [0.1, 0.15) is 11.5 Å². The van der Waals surface area contributed by atoms with E-state index >= 15 is 0 Å². The van der Waals surface area contributed by atoms with Gasteiger partial charge in [-0.2, -0.15) is 8.78 Å². The molecule has 2 aromatic rings. The molecule has 0 N–H and O–H groups in total. The summed E-state index contributed by atoms with van der Waals surface area (Å²) in [7, 11) is 0. The minimum atomic E-state index is -3.31. The lowest BCUT2D eigenvalue weighted by molar-refractivity contribution is 0.0120. The number of hydrogen-bond donors (Lipinski definition) is 0. The number of carbonyl (C=O) groups excluding carboxylic acids is 1. The van der Waals surface area contributed by atoms with Crippen molar-refractivity contribution in [2.24, 2.45) is 0 Å². The van der Waals surface area contributed by atoms with E-state index in [-0.39, 0.29) is 23.0 Å². The maximum Gasteiger partial charge on any atom is 0.287 e. The van der Waals surface area contributed by atoms with E-state index in [2.05, 4.69) is 4.98 Å². The monoisotopic (exact) mass is 315 g/mol. The fraction of sp³-hybridized carbons (Fsp3) is 0.200. The Kier molecular flexibility index (Phi) is 4.25. The van der Waals surface area contributed by atoms with Crippen LogP contribution in [0, 0.1) is 5.82 Å². The van der Waals surface area contributed by atoms with Gasteiger partial charge in [0.05, 0.1) is 5.56 Å². The van der Waals surface area contributed by atoms with Crippen LogP contribution in [0.3, 0.4) is 0 Å². The zero-order chi connectivity index (χ0) is 16.5. The van der Waals surface area contributed by atoms with Gasteiger partial charge in [0.15, 0.2) is 6.29 Å². The second-order valence-electron chi connectivity index (χ2n) is 4.71. The van der Waals surface area contributed by atoms with E-state index in [1.807, 2.05) is 0 Å². The van der Waals surface area contributed by atoms with Crippen LogP contribution in [0.4, 0.5) is 22.0 Å². The Morgan fingerprint density at radius 3 is 2.41 bits per heavy atom. The summed E-state index contributed by atoms with van der Waals surface area (Å²) in [4.78, 5) is 14.5. The Morgan fingerprint density at radius 2 is 1.86 bits per heavy atom. The normalized spacial score (nSPS) is 11.8. The third-order valence-corrected chi connectivity index (χ3v) is 3.02. The number of alkyl halides is 4. The lowest BCUT2D eigenvalue weighted by atomic mass is 10.0. The van der Waals surface area contributed by atoms with E-state index in [0.29, 0.717) is 6.92 Å². The molecule has 0 aliphatic carbocycles. The van der Waals surface area contributed by atoms with Gasteiger partial charge in [-0.3, -0.25) is 9.78 Å². The van der Waals surface area contributed by atoms with Crippen LogP contribution in [0.25, 0.3) is 11.1 Å². The average Bonchev–Trinajstić information content (AvgIpc) is 2.45. The highest BCUT2D eigenvalue weighted by molar-refractivity contribution is 5.80. The molecule has 22 heavy (non-hydrogen) atoms. The molecule has 0 saturated heterocycles. The number of carbonyl (C=O) groups is 1. The van der Waals surface area contributed by atoms with Gasteiger partial charge in [0, 0.05) is 24.2 Å². The van der Waals surface area contributed by atoms with Gasteiger partial charge in [0.2, 0.25) is 0 Å². The Bertz CT molecular complexity index is 710. The molecule has 0 amide bonds. The fourth-order valence-electron chi connectivity index (χ4n) is 1.99. The van der Waals surface area contributed by atoms with E-state index in [0.717, 1.165) is 24.4 Å². The van der Waals surface area contributed by atoms with Crippen molar-refractivity contribution in [2.45, 2.75) is 19.3 Å². The Balaban J connectivity index is 2.55. The third kappa shape index (κ3) is 3.13. The van der Waals surface area contributed by atoms with Crippen molar-refractivity contribution in [3.05, 3.63) is 53.1 Å². The molecule has 1 aromatic carbocycles. The van der Waals surface area contributed by atoms with Crippen LogP contribution in [-0.2, 0) is 5.92 Å². The van der Waals surface area contributed by atoms with Gasteiger partial charge in [-0.15, -0.1) is 0 Å². The van der Waals surface area contributed by atoms with Crippen molar-refractivity contribution in [1.82, 2.24) is 4.98 Å². The van der Waals surface area contributed by atoms with Crippen molar-refractivity contribution >= 4 is 6.29 Å². The number of nitrogens with zero attached hydrogens (tertiary/aromatic N) is 1. The summed E-state index contributed by atoms with van der Waals surface area (Å²) in [5.41, 5.74) is -1.55. The molecule has 1 aromatic heterocycles. The molecule has 2 nitrogen and oxygen atoms in total. The predicted molar refractivity (Wildman–Crippen MR) is 69.5 cm³/mol. The van der Waals surface area contributed by atoms with Crippen LogP contribution in [-0.4, -0.2) is 11.3 Å². The van der Waals surface area contributed by atoms with Crippen LogP contribution < -0.4 is 0 Å². The largest absolute Gasteiger partial charge is 0.298 e. The van der Waals surface area contributed by atoms with E-state index in [1.54, 1.807) is 0 Å². The molecule has 7 heteroatoms. The average molecular weight is 315 g/mol. The van der Waals surface area contributed by atoms with Crippen molar-refractivity contribution in [1.29, 1.82) is 0 Å². The topological polar surface area (TPSA) is 30.0 Å². The van der Waals surface area contributed by atoms with Crippen LogP contribution >= 0.6 is 0 Å². The van der Waals surface area contributed by atoms with Crippen LogP contribution in [0.2, 0.25) is 0 Å². The van der Waals surface area contributed by atoms with Crippen LogP contribution in [0.15, 0.2) is 30.5 Å². The summed E-state index contributed by atoms with van der Waals surface area (Å²) >= 11 is 0. The third-order valence-electron chi connectivity index (χ3n) is 3.02. The Labute approximate surface area is 122 Å². The molecule has 0 atom stereocenters. The number of pyridine rings is 1. The van der Waals surface area contributed by atoms with E-state index in [9.17, 15) is 26.7 Å². The van der Waals surface area contributed by atoms with Gasteiger partial charge in [-0.25, -0.2) is 13.2 Å². The summed E-state index contributed by atoms with van der Waals surface area (Å²) in [6.07, 6.45) is -1.78. The summed E-state index contributed by atoms with van der Waals surface area (Å²) < 4.78 is 65.2. The highest BCUT2D eigenvalue weighted by Crippen LogP contribution is 2.32. The number of benzene rings is 1. The quantitative estimate of drug-likeness (QED) is 0.602. The van der Waals surface area contributed by atoms with Gasteiger partial charge >= 0.3 is 0 Å². The molecule has 0 spiro atoms. The summed E-state index contributed by atoms with van der Waals surface area (Å²) in [6.45, 7) is 0.592. The van der Waals surface area contributed by atoms with E-state index in [4.69, 9.17) is 0 Å². The lowest BCUT2D eigenvalue weighted by Crippen LogP contribution is -2.13. The molecule has 0 radical (unpaired) electrons. The molecular weight excluding hydrogens is 305 g/mol. The van der Waals surface area contributed by atoms with E-state index < -0.39 is 29.4 Å². The van der Waals surface area contributed by atoms with Gasteiger partial charge in [-0.05, 0) is 23.8 Å². The van der Waals surface area contributed by atoms with Gasteiger partial charge in [-0.1, -0.05) is 6.07 Å². The maximum absolute atomic E-state index is 13.3. The maximum atomic E-state index is 13.3. The first-order chi connectivity index (χ1) is 10.2. The second kappa shape index (κ2) is 5.82. The molecule has 0 bridgehead atoms. The van der Waals surface area contributed by atoms with E-state index in [1.165, 1.54) is 6.07 Å². The first-order valence-corrected chi connectivity index (χ1v) is 6.15. The SMILES string of the molecule is CC(F)(F)c1ncc(-c2ccc(F)c(C(F)F)c2)cc1C=O. The first-order valence-electron chi connectivity index (χ1n) is 6.15. The molecule has 0 aliphatic rings. The van der Waals surface area contributed by atoms with Crippen LogP contribution in [0.5, 0.6) is 0 Å². The summed E-state index contributed by atoms with van der Waals surface area (Å²) in [5, 5.41) is 0. The summed E-state index contributed by atoms with van der Waals surface area (Å²) in [5.74, 6) is -4.38. The number of rotatable bonds is 4. The smallest absolute Gasteiger partial charge is 0.287 e. The zero-order valence-electron chi connectivity index (χ0n) is 11.3. The van der Waals surface area contributed by atoms with Crippen LogP contribution in [0.1, 0.15) is 35.0 Å². The number of aldehydes is 1. The van der Waals surface area contributed by atoms with Crippen molar-refractivity contribution < 1.29 is 26.7 Å². The minimum Gasteiger partial charge on any atom is -0.298 e. The number of aromatic nitrogens is 1. The predicted octanol–water partition coefficient (Wildman–Crippen LogP) is 4.75. The molecule has 0 saturated carbocycles. The second-order valence-corrected chi connectivity index (χ2v) is 4.71. The number of hydrogen-bond acceptors (Lipinski definition) is 2. The number of halogens is 5. The Morgan fingerprint density at radius 1 is 1.18 bits per heavy atom. The summed E-state index contributed by atoms with van der Waals surface area (Å²) in [6, 6.07) is 4.06. The van der Waals surface area contributed by atoms with Crippen molar-refractivity contribution in [3.63, 3.8) is 0 Å². The molecular formula is C15H10F5NO. The highest BCUT2D eigenvalue weighted by atomic mass is 19.3. The fourth-order valence-corrected chi connectivity index (χ4v) is 1.99. The zero-order valence-corrected chi connectivity index (χ0v) is 11.3. The Hall–Kier alpha value is -2.31. The molecule has 1 heterocycles. The van der Waals surface area contributed by atoms with Crippen molar-refractivity contribution in [2.75, 3.05) is 0 Å². The highest BCUT2D eigenvalue weighted by Gasteiger charge is 2.29. The van der Waals surface area contributed by atoms with Gasteiger partial charge < -0.3 is 0 Å².